The van der Waals surface area contributed by atoms with Crippen LogP contribution in [0, 0.1) is 18.8 Å². The molecule has 5 atom stereocenters. The van der Waals surface area contributed by atoms with E-state index < -0.39 is 30.5 Å². The highest BCUT2D eigenvalue weighted by molar-refractivity contribution is 7.05. The number of H-pyrrole nitrogens is 2. The molecular weight excluding hydrogens is 851 g/mol. The number of methoxy groups -OCH3 is 2. The van der Waals surface area contributed by atoms with Crippen molar-refractivity contribution < 1.29 is 33.4 Å². The lowest BCUT2D eigenvalue weighted by molar-refractivity contribution is -0.136. The average molecular weight is 904 g/mol. The minimum Gasteiger partial charge on any atom is -0.464 e. The van der Waals surface area contributed by atoms with E-state index in [1.807, 2.05) is 44.9 Å². The fourth-order valence-electron chi connectivity index (χ4n) is 9.51. The lowest BCUT2D eigenvalue weighted by Gasteiger charge is -2.30. The Labute approximate surface area is 379 Å². The summed E-state index contributed by atoms with van der Waals surface area (Å²) < 4.78 is 22.9. The van der Waals surface area contributed by atoms with Gasteiger partial charge in [0.25, 0.3) is 0 Å². The number of aromatic amines is 2. The molecule has 2 aromatic carbocycles. The van der Waals surface area contributed by atoms with Gasteiger partial charge >= 0.3 is 12.2 Å². The van der Waals surface area contributed by atoms with Crippen molar-refractivity contribution >= 4 is 46.4 Å². The molecule has 0 radical (unpaired) electrons. The van der Waals surface area contributed by atoms with Gasteiger partial charge in [0.1, 0.15) is 34.4 Å². The minimum absolute atomic E-state index is 0.133. The Balaban J connectivity index is 1.01. The van der Waals surface area contributed by atoms with Gasteiger partial charge in [-0.3, -0.25) is 14.2 Å². The zero-order valence-corrected chi connectivity index (χ0v) is 38.2. The van der Waals surface area contributed by atoms with Crippen LogP contribution >= 0.6 is 11.5 Å². The summed E-state index contributed by atoms with van der Waals surface area (Å²) >= 11 is 1.28. The molecule has 4 aromatic heterocycles. The molecule has 9 rings (SSSR count). The predicted molar refractivity (Wildman–Crippen MR) is 242 cm³/mol. The summed E-state index contributed by atoms with van der Waals surface area (Å²) in [5.41, 5.74) is 7.34. The van der Waals surface area contributed by atoms with Crippen LogP contribution in [0.25, 0.3) is 44.7 Å². The second-order valence-corrected chi connectivity index (χ2v) is 18.4. The van der Waals surface area contributed by atoms with Crippen molar-refractivity contribution in [2.45, 2.75) is 90.7 Å². The minimum atomic E-state index is -0.727. The van der Waals surface area contributed by atoms with E-state index in [4.69, 9.17) is 24.2 Å². The van der Waals surface area contributed by atoms with Crippen LogP contribution in [-0.2, 0) is 19.1 Å². The molecule has 19 heteroatoms. The maximum atomic E-state index is 13.8. The number of ether oxygens (including phenoxy) is 3. The summed E-state index contributed by atoms with van der Waals surface area (Å²) in [6.45, 7) is 10.8. The second kappa shape index (κ2) is 17.7. The van der Waals surface area contributed by atoms with Crippen molar-refractivity contribution in [1.29, 1.82) is 0 Å². The molecule has 6 aromatic rings. The first-order valence-electron chi connectivity index (χ1n) is 22.0. The van der Waals surface area contributed by atoms with Crippen molar-refractivity contribution in [3.8, 4) is 39.5 Å². The molecule has 0 spiro atoms. The Hall–Kier alpha value is -6.76. The summed E-state index contributed by atoms with van der Waals surface area (Å²) in [5.74, 6) is 1.48. The molecule has 340 valence electrons. The summed E-state index contributed by atoms with van der Waals surface area (Å²) in [4.78, 5) is 72.8. The van der Waals surface area contributed by atoms with E-state index in [2.05, 4.69) is 72.0 Å². The molecule has 0 bridgehead atoms. The van der Waals surface area contributed by atoms with Crippen molar-refractivity contribution in [3.63, 3.8) is 0 Å². The van der Waals surface area contributed by atoms with Gasteiger partial charge in [-0.1, -0.05) is 38.2 Å². The Kier molecular flexibility index (Phi) is 11.8. The van der Waals surface area contributed by atoms with Crippen LogP contribution in [0.2, 0.25) is 0 Å². The van der Waals surface area contributed by atoms with Gasteiger partial charge in [-0.15, -0.1) is 5.10 Å². The summed E-state index contributed by atoms with van der Waals surface area (Å²) in [6, 6.07) is 10.6. The maximum Gasteiger partial charge on any atom is 0.407 e. The fraction of sp³-hybridized carbons (Fsp3) is 0.435. The third kappa shape index (κ3) is 8.06. The van der Waals surface area contributed by atoms with Gasteiger partial charge in [0, 0.05) is 35.2 Å². The second-order valence-electron chi connectivity index (χ2n) is 17.6. The molecule has 4 N–H and O–H groups in total. The molecule has 4 amide bonds. The third-order valence-corrected chi connectivity index (χ3v) is 13.5. The van der Waals surface area contributed by atoms with E-state index in [1.54, 1.807) is 17.3 Å². The zero-order valence-electron chi connectivity index (χ0n) is 37.4. The average Bonchev–Trinajstić information content (AvgIpc) is 4.15. The van der Waals surface area contributed by atoms with Crippen molar-refractivity contribution in [1.82, 2.24) is 54.5 Å². The van der Waals surface area contributed by atoms with Crippen LogP contribution < -0.4 is 15.4 Å². The van der Waals surface area contributed by atoms with Crippen molar-refractivity contribution in [2.75, 3.05) is 27.3 Å². The Bertz CT molecular complexity index is 2760. The van der Waals surface area contributed by atoms with Crippen molar-refractivity contribution in [2.24, 2.45) is 11.8 Å². The van der Waals surface area contributed by atoms with Gasteiger partial charge in [0.2, 0.25) is 18.0 Å². The van der Waals surface area contributed by atoms with Gasteiger partial charge in [0.15, 0.2) is 0 Å². The van der Waals surface area contributed by atoms with Gasteiger partial charge in [-0.05, 0) is 91.9 Å². The highest BCUT2D eigenvalue weighted by atomic mass is 32.1. The Morgan fingerprint density at radius 2 is 1.37 bits per heavy atom. The SMILES string of the molecule is COC(=O)N[C@H](C(=O)N1CCC[C@H]1c1ncc(-c2cc(C)c3c(c2)OC(c2cnns2)n2c-3cc3cc(-c4cnc([C@@H]5CCCN5C(=O)[C@@H](NC(=O)OC)C(C)C)[nH]4)ccc32)[nH]1)C(C)C. The number of likely N-dealkylation sites (tertiary alicyclic amines) is 2. The highest BCUT2D eigenvalue weighted by Gasteiger charge is 2.40. The number of nitrogens with one attached hydrogen (secondary N) is 4. The molecule has 3 aliphatic heterocycles. The highest BCUT2D eigenvalue weighted by Crippen LogP contribution is 2.48. The number of carbonyl (C=O) groups is 4. The Morgan fingerprint density at radius 1 is 0.785 bits per heavy atom. The summed E-state index contributed by atoms with van der Waals surface area (Å²) in [7, 11) is 2.57. The standard InChI is InChI=1S/C46H53N11O7S/c1-23(2)38(52-45(60)62-6)42(58)55-14-8-10-32(55)40-47-20-29(50-40)26-12-13-31-28(17-26)18-34-37-25(5)16-27(19-35(37)64-44(57(31)34)36-22-49-54-65-36)30-21-48-41(51-30)33-11-9-15-56(33)43(59)39(24(3)4)53-46(61)63-7/h12-13,16-24,32-33,38-39,44H,8-11,14-15H2,1-7H3,(H,47,50)(H,48,51)(H,52,60)(H,53,61)/t32-,33-,38-,39-,44?/m0/s1. The van der Waals surface area contributed by atoms with Gasteiger partial charge in [-0.25, -0.2) is 19.6 Å². The quantitative estimate of drug-likeness (QED) is 0.101. The van der Waals surface area contributed by atoms with Crippen LogP contribution in [0.15, 0.2) is 55.0 Å². The smallest absolute Gasteiger partial charge is 0.407 e. The molecule has 0 saturated carbocycles. The van der Waals surface area contributed by atoms with Gasteiger partial charge in [-0.2, -0.15) is 0 Å². The number of nitrogens with zero attached hydrogens (tertiary/aromatic N) is 7. The number of fused-ring (bicyclic) bond motifs is 5. The van der Waals surface area contributed by atoms with E-state index in [-0.39, 0.29) is 35.7 Å². The number of hydrogen-bond donors (Lipinski definition) is 4. The number of benzene rings is 2. The summed E-state index contributed by atoms with van der Waals surface area (Å²) in [6.07, 6.45) is 6.65. The number of amides is 4. The van der Waals surface area contributed by atoms with Crippen LogP contribution in [0.5, 0.6) is 5.75 Å². The van der Waals surface area contributed by atoms with E-state index in [1.165, 1.54) is 25.8 Å². The summed E-state index contributed by atoms with van der Waals surface area (Å²) in [5, 5.41) is 10.6. The predicted octanol–water partition coefficient (Wildman–Crippen LogP) is 7.28. The number of imidazole rings is 2. The Morgan fingerprint density at radius 3 is 1.91 bits per heavy atom. The number of alkyl carbamates (subject to hydrolysis) is 2. The van der Waals surface area contributed by atoms with Crippen molar-refractivity contribution in [3.05, 3.63) is 77.1 Å². The largest absolute Gasteiger partial charge is 0.464 e. The maximum absolute atomic E-state index is 13.8. The lowest BCUT2D eigenvalue weighted by Crippen LogP contribution is -2.51. The molecule has 2 fully saturated rings. The van der Waals surface area contributed by atoms with E-state index in [0.717, 1.165) is 80.8 Å². The molecule has 2 saturated heterocycles. The first-order chi connectivity index (χ1) is 31.3. The number of aryl methyl sites for hydroxylation is 1. The van der Waals surface area contributed by atoms with E-state index in [0.29, 0.717) is 30.5 Å². The van der Waals surface area contributed by atoms with Gasteiger partial charge < -0.3 is 44.6 Å². The third-order valence-electron chi connectivity index (χ3n) is 12.8. The molecule has 7 heterocycles. The lowest BCUT2D eigenvalue weighted by atomic mass is 9.98. The number of hydrogen-bond acceptors (Lipinski definition) is 12. The van der Waals surface area contributed by atoms with Crippen LogP contribution in [-0.4, -0.2) is 107 Å². The number of carbonyl (C=O) groups excluding carboxylic acids is 4. The zero-order chi connectivity index (χ0) is 45.7. The molecule has 3 aliphatic rings. The monoisotopic (exact) mass is 903 g/mol. The number of rotatable bonds is 11. The molecule has 1 unspecified atom stereocenters. The van der Waals surface area contributed by atoms with E-state index >= 15 is 0 Å². The molecule has 65 heavy (non-hydrogen) atoms. The van der Waals surface area contributed by atoms with Crippen LogP contribution in [0.4, 0.5) is 9.59 Å². The first-order valence-corrected chi connectivity index (χ1v) is 22.8. The first kappa shape index (κ1) is 43.5. The van der Waals surface area contributed by atoms with Crippen LogP contribution in [0.3, 0.4) is 0 Å². The molecule has 18 nitrogen and oxygen atoms in total. The van der Waals surface area contributed by atoms with Crippen LogP contribution in [0.1, 0.15) is 93.8 Å². The van der Waals surface area contributed by atoms with E-state index in [9.17, 15) is 19.2 Å². The fourth-order valence-corrected chi connectivity index (χ4v) is 10.0. The number of aromatic nitrogens is 7. The molecular formula is C46H53N11O7S. The normalized spacial score (nSPS) is 18.9. The molecule has 0 aliphatic carbocycles. The topological polar surface area (TPSA) is 215 Å². The van der Waals surface area contributed by atoms with Gasteiger partial charge in [0.05, 0.1) is 67.5 Å².